The standard InChI is InChI=1S/C15H17N3O2S/c1-2-10-5-3-4-6-11(10)17-13(19)9-12-14(20)18-8-7-16-15(18)21-12/h3-6,12H,2,7-9H2,1H3,(H,17,19). The average molecular weight is 303 g/mol. The highest BCUT2D eigenvalue weighted by atomic mass is 32.2. The number of anilines is 1. The molecule has 0 radical (unpaired) electrons. The molecule has 0 aromatic heterocycles. The Labute approximate surface area is 127 Å². The zero-order valence-electron chi connectivity index (χ0n) is 11.8. The number of amidine groups is 1. The van der Waals surface area contributed by atoms with E-state index in [1.165, 1.54) is 11.8 Å². The molecule has 1 N–H and O–H groups in total. The van der Waals surface area contributed by atoms with Crippen LogP contribution in [0.5, 0.6) is 0 Å². The van der Waals surface area contributed by atoms with E-state index in [9.17, 15) is 9.59 Å². The number of aryl methyl sites for hydroxylation is 1. The minimum absolute atomic E-state index is 0.00942. The number of rotatable bonds is 4. The molecular formula is C15H17N3O2S. The zero-order chi connectivity index (χ0) is 14.8. The van der Waals surface area contributed by atoms with E-state index in [0.717, 1.165) is 22.8 Å². The number of nitrogens with zero attached hydrogens (tertiary/aromatic N) is 2. The molecule has 2 aliphatic rings. The largest absolute Gasteiger partial charge is 0.326 e. The highest BCUT2D eigenvalue weighted by Gasteiger charge is 2.40. The van der Waals surface area contributed by atoms with Crippen molar-refractivity contribution < 1.29 is 9.59 Å². The first-order valence-electron chi connectivity index (χ1n) is 7.09. The van der Waals surface area contributed by atoms with Crippen molar-refractivity contribution in [1.29, 1.82) is 0 Å². The van der Waals surface area contributed by atoms with Gasteiger partial charge in [0.1, 0.15) is 5.25 Å². The van der Waals surface area contributed by atoms with Gasteiger partial charge in [0.05, 0.1) is 6.54 Å². The summed E-state index contributed by atoms with van der Waals surface area (Å²) in [5, 5.41) is 3.35. The normalized spacial score (nSPS) is 20.4. The molecule has 21 heavy (non-hydrogen) atoms. The second kappa shape index (κ2) is 5.89. The number of hydrogen-bond acceptors (Lipinski definition) is 4. The minimum atomic E-state index is -0.335. The number of carbonyl (C=O) groups is 2. The van der Waals surface area contributed by atoms with Gasteiger partial charge in [-0.15, -0.1) is 0 Å². The fourth-order valence-corrected chi connectivity index (χ4v) is 3.72. The van der Waals surface area contributed by atoms with Crippen LogP contribution < -0.4 is 5.32 Å². The summed E-state index contributed by atoms with van der Waals surface area (Å²) in [6.45, 7) is 3.38. The summed E-state index contributed by atoms with van der Waals surface area (Å²) in [6.07, 6.45) is 1.05. The second-order valence-corrected chi connectivity index (χ2v) is 6.19. The molecule has 0 bridgehead atoms. The highest BCUT2D eigenvalue weighted by Crippen LogP contribution is 2.31. The van der Waals surface area contributed by atoms with Crippen molar-refractivity contribution in [2.75, 3.05) is 18.4 Å². The Bertz CT molecular complexity index is 615. The number of para-hydroxylation sites is 1. The summed E-state index contributed by atoms with van der Waals surface area (Å²) in [5.41, 5.74) is 1.93. The van der Waals surface area contributed by atoms with E-state index >= 15 is 0 Å². The van der Waals surface area contributed by atoms with Gasteiger partial charge >= 0.3 is 0 Å². The lowest BCUT2D eigenvalue weighted by molar-refractivity contribution is -0.127. The third-order valence-electron chi connectivity index (χ3n) is 3.63. The number of aliphatic imine (C=N–C) groups is 1. The van der Waals surface area contributed by atoms with E-state index < -0.39 is 0 Å². The van der Waals surface area contributed by atoms with Gasteiger partial charge < -0.3 is 5.32 Å². The zero-order valence-corrected chi connectivity index (χ0v) is 12.7. The van der Waals surface area contributed by atoms with Crippen molar-refractivity contribution in [3.8, 4) is 0 Å². The van der Waals surface area contributed by atoms with Crippen molar-refractivity contribution in [3.05, 3.63) is 29.8 Å². The Morgan fingerprint density at radius 2 is 2.29 bits per heavy atom. The lowest BCUT2D eigenvalue weighted by Crippen LogP contribution is -2.32. The third kappa shape index (κ3) is 2.81. The van der Waals surface area contributed by atoms with Crippen LogP contribution >= 0.6 is 11.8 Å². The molecule has 1 fully saturated rings. The fraction of sp³-hybridized carbons (Fsp3) is 0.400. The molecule has 3 rings (SSSR count). The molecule has 0 spiro atoms. The topological polar surface area (TPSA) is 61.8 Å². The summed E-state index contributed by atoms with van der Waals surface area (Å²) in [7, 11) is 0. The first-order valence-corrected chi connectivity index (χ1v) is 7.97. The molecule has 5 nitrogen and oxygen atoms in total. The number of amides is 2. The molecule has 2 aliphatic heterocycles. The predicted molar refractivity (Wildman–Crippen MR) is 84.5 cm³/mol. The van der Waals surface area contributed by atoms with Crippen LogP contribution in [0.15, 0.2) is 29.3 Å². The summed E-state index contributed by atoms with van der Waals surface area (Å²) in [4.78, 5) is 30.3. The van der Waals surface area contributed by atoms with Crippen LogP contribution in [0.3, 0.4) is 0 Å². The van der Waals surface area contributed by atoms with Gasteiger partial charge in [-0.1, -0.05) is 36.9 Å². The SMILES string of the molecule is CCc1ccccc1NC(=O)CC1SC2=NCCN2C1=O. The molecule has 1 unspecified atom stereocenters. The smallest absolute Gasteiger partial charge is 0.242 e. The second-order valence-electron chi connectivity index (χ2n) is 5.02. The molecule has 0 saturated carbocycles. The number of hydrogen-bond donors (Lipinski definition) is 1. The summed E-state index contributed by atoms with van der Waals surface area (Å²) in [6, 6.07) is 7.74. The van der Waals surface area contributed by atoms with Gasteiger partial charge in [0, 0.05) is 18.7 Å². The van der Waals surface area contributed by atoms with Crippen molar-refractivity contribution in [1.82, 2.24) is 4.90 Å². The van der Waals surface area contributed by atoms with Crippen LogP contribution in [0.1, 0.15) is 18.9 Å². The fourth-order valence-electron chi connectivity index (χ4n) is 2.53. The Balaban J connectivity index is 1.63. The first kappa shape index (κ1) is 14.1. The molecule has 6 heteroatoms. The number of benzene rings is 1. The highest BCUT2D eigenvalue weighted by molar-refractivity contribution is 8.15. The molecule has 1 aromatic rings. The van der Waals surface area contributed by atoms with Gasteiger partial charge in [-0.2, -0.15) is 0 Å². The van der Waals surface area contributed by atoms with Crippen LogP contribution in [0.25, 0.3) is 0 Å². The van der Waals surface area contributed by atoms with Crippen LogP contribution in [-0.2, 0) is 16.0 Å². The molecule has 1 aromatic carbocycles. The first-order chi connectivity index (χ1) is 10.2. The van der Waals surface area contributed by atoms with Gasteiger partial charge in [0.15, 0.2) is 5.17 Å². The van der Waals surface area contributed by atoms with Crippen LogP contribution in [0.4, 0.5) is 5.69 Å². The monoisotopic (exact) mass is 303 g/mol. The number of carbonyl (C=O) groups excluding carboxylic acids is 2. The van der Waals surface area contributed by atoms with Gasteiger partial charge in [-0.3, -0.25) is 19.5 Å². The van der Waals surface area contributed by atoms with E-state index in [0.29, 0.717) is 13.1 Å². The van der Waals surface area contributed by atoms with E-state index in [1.54, 1.807) is 4.90 Å². The van der Waals surface area contributed by atoms with Crippen LogP contribution in [0.2, 0.25) is 0 Å². The van der Waals surface area contributed by atoms with E-state index in [-0.39, 0.29) is 23.5 Å². The van der Waals surface area contributed by atoms with Crippen molar-refractivity contribution in [2.24, 2.45) is 4.99 Å². The number of thioether (sulfide) groups is 1. The molecular weight excluding hydrogens is 286 g/mol. The van der Waals surface area contributed by atoms with Crippen molar-refractivity contribution in [2.45, 2.75) is 25.0 Å². The predicted octanol–water partition coefficient (Wildman–Crippen LogP) is 1.89. The molecule has 2 heterocycles. The third-order valence-corrected chi connectivity index (χ3v) is 4.85. The summed E-state index contributed by atoms with van der Waals surface area (Å²) >= 11 is 1.40. The Kier molecular flexibility index (Phi) is 3.96. The van der Waals surface area contributed by atoms with E-state index in [2.05, 4.69) is 10.3 Å². The number of fused-ring (bicyclic) bond motifs is 1. The molecule has 0 aliphatic carbocycles. The molecule has 1 atom stereocenters. The minimum Gasteiger partial charge on any atom is -0.326 e. The molecule has 2 amide bonds. The molecule has 110 valence electrons. The average Bonchev–Trinajstić information content (AvgIpc) is 3.04. The van der Waals surface area contributed by atoms with E-state index in [1.807, 2.05) is 31.2 Å². The van der Waals surface area contributed by atoms with Gasteiger partial charge in [-0.25, -0.2) is 0 Å². The van der Waals surface area contributed by atoms with Crippen LogP contribution in [0, 0.1) is 0 Å². The van der Waals surface area contributed by atoms with E-state index in [4.69, 9.17) is 0 Å². The molecule has 1 saturated heterocycles. The van der Waals surface area contributed by atoms with Crippen molar-refractivity contribution >= 4 is 34.4 Å². The van der Waals surface area contributed by atoms with Gasteiger partial charge in [0.25, 0.3) is 0 Å². The maximum atomic E-state index is 12.2. The lowest BCUT2D eigenvalue weighted by atomic mass is 10.1. The maximum Gasteiger partial charge on any atom is 0.242 e. The Morgan fingerprint density at radius 1 is 1.48 bits per heavy atom. The Morgan fingerprint density at radius 3 is 3.05 bits per heavy atom. The summed E-state index contributed by atoms with van der Waals surface area (Å²) < 4.78 is 0. The van der Waals surface area contributed by atoms with Gasteiger partial charge in [0.2, 0.25) is 11.8 Å². The van der Waals surface area contributed by atoms with Crippen LogP contribution in [-0.4, -0.2) is 40.2 Å². The quantitative estimate of drug-likeness (QED) is 0.924. The summed E-state index contributed by atoms with van der Waals surface area (Å²) in [5.74, 6) is -0.112. The van der Waals surface area contributed by atoms with Gasteiger partial charge in [-0.05, 0) is 18.1 Å². The Hall–Kier alpha value is -1.82. The lowest BCUT2D eigenvalue weighted by Gasteiger charge is -2.12. The van der Waals surface area contributed by atoms with Crippen molar-refractivity contribution in [3.63, 3.8) is 0 Å². The maximum absolute atomic E-state index is 12.2. The number of nitrogens with one attached hydrogen (secondary N) is 1.